The second-order valence-electron chi connectivity index (χ2n) is 5.16. The minimum absolute atomic E-state index is 0.596. The van der Waals surface area contributed by atoms with Crippen molar-refractivity contribution in [2.75, 3.05) is 13.1 Å². The van der Waals surface area contributed by atoms with Crippen molar-refractivity contribution in [2.24, 2.45) is 0 Å². The van der Waals surface area contributed by atoms with Crippen molar-refractivity contribution < 1.29 is 4.39 Å². The molecule has 0 N–H and O–H groups in total. The van der Waals surface area contributed by atoms with Gasteiger partial charge in [0.15, 0.2) is 0 Å². The standard InChI is InChI=1S/C15H22FN/c1-2-15(16)10-6-7-11-17(13-15)12-14-8-4-3-5-9-14/h3-5,8-9H,2,6-7,10-13H2,1H3. The molecule has 2 rings (SSSR count). The van der Waals surface area contributed by atoms with Crippen LogP contribution in [-0.4, -0.2) is 23.7 Å². The first kappa shape index (κ1) is 12.6. The maximum Gasteiger partial charge on any atom is 0.123 e. The van der Waals surface area contributed by atoms with E-state index in [9.17, 15) is 4.39 Å². The average molecular weight is 235 g/mol. The SMILES string of the molecule is CCC1(F)CCCCN(Cc2ccccc2)C1. The Balaban J connectivity index is 2.00. The minimum atomic E-state index is -0.967. The first-order chi connectivity index (χ1) is 8.22. The molecule has 1 fully saturated rings. The van der Waals surface area contributed by atoms with Crippen molar-refractivity contribution in [3.8, 4) is 0 Å². The molecule has 94 valence electrons. The largest absolute Gasteiger partial charge is 0.296 e. The van der Waals surface area contributed by atoms with E-state index in [1.807, 2.05) is 13.0 Å². The summed E-state index contributed by atoms with van der Waals surface area (Å²) in [5.41, 5.74) is 0.318. The van der Waals surface area contributed by atoms with Gasteiger partial charge in [0.1, 0.15) is 5.67 Å². The predicted octanol–water partition coefficient (Wildman–Crippen LogP) is 3.79. The topological polar surface area (TPSA) is 3.24 Å². The van der Waals surface area contributed by atoms with Gasteiger partial charge in [-0.25, -0.2) is 4.39 Å². The monoisotopic (exact) mass is 235 g/mol. The fourth-order valence-electron chi connectivity index (χ4n) is 2.60. The Hall–Kier alpha value is -0.890. The van der Waals surface area contributed by atoms with Gasteiger partial charge in [0.25, 0.3) is 0 Å². The molecule has 1 atom stereocenters. The van der Waals surface area contributed by atoms with Gasteiger partial charge in [0.2, 0.25) is 0 Å². The zero-order valence-corrected chi connectivity index (χ0v) is 10.7. The van der Waals surface area contributed by atoms with Gasteiger partial charge in [0.05, 0.1) is 0 Å². The molecule has 1 heterocycles. The fourth-order valence-corrected chi connectivity index (χ4v) is 2.60. The summed E-state index contributed by atoms with van der Waals surface area (Å²) in [5.74, 6) is 0. The molecular formula is C15H22FN. The molecule has 17 heavy (non-hydrogen) atoms. The van der Waals surface area contributed by atoms with Crippen LogP contribution < -0.4 is 0 Å². The van der Waals surface area contributed by atoms with Crippen LogP contribution in [0.1, 0.15) is 38.2 Å². The number of likely N-dealkylation sites (tertiary alicyclic amines) is 1. The molecule has 1 saturated heterocycles. The Morgan fingerprint density at radius 2 is 2.00 bits per heavy atom. The van der Waals surface area contributed by atoms with Gasteiger partial charge in [-0.1, -0.05) is 37.3 Å². The number of benzene rings is 1. The molecule has 2 heteroatoms. The highest BCUT2D eigenvalue weighted by molar-refractivity contribution is 5.14. The number of rotatable bonds is 3. The van der Waals surface area contributed by atoms with Crippen LogP contribution in [-0.2, 0) is 6.54 Å². The summed E-state index contributed by atoms with van der Waals surface area (Å²) in [6.45, 7) is 4.47. The molecule has 0 saturated carbocycles. The number of nitrogens with zero attached hydrogens (tertiary/aromatic N) is 1. The van der Waals surface area contributed by atoms with Crippen LogP contribution in [0.5, 0.6) is 0 Å². The van der Waals surface area contributed by atoms with Gasteiger partial charge >= 0.3 is 0 Å². The van der Waals surface area contributed by atoms with Crippen LogP contribution in [0.15, 0.2) is 30.3 Å². The molecule has 0 aromatic heterocycles. The lowest BCUT2D eigenvalue weighted by atomic mass is 9.97. The summed E-state index contributed by atoms with van der Waals surface area (Å²) >= 11 is 0. The van der Waals surface area contributed by atoms with E-state index in [1.165, 1.54) is 5.56 Å². The molecular weight excluding hydrogens is 213 g/mol. The molecule has 0 radical (unpaired) electrons. The summed E-state index contributed by atoms with van der Waals surface area (Å²) in [5, 5.41) is 0. The van der Waals surface area contributed by atoms with Gasteiger partial charge in [-0.15, -0.1) is 0 Å². The highest BCUT2D eigenvalue weighted by atomic mass is 19.1. The minimum Gasteiger partial charge on any atom is -0.296 e. The molecule has 1 unspecified atom stereocenters. The quantitative estimate of drug-likeness (QED) is 0.770. The van der Waals surface area contributed by atoms with Crippen molar-refractivity contribution in [1.29, 1.82) is 0 Å². The van der Waals surface area contributed by atoms with Crippen molar-refractivity contribution >= 4 is 0 Å². The molecule has 0 bridgehead atoms. The third kappa shape index (κ3) is 3.53. The van der Waals surface area contributed by atoms with E-state index >= 15 is 0 Å². The second-order valence-corrected chi connectivity index (χ2v) is 5.16. The van der Waals surface area contributed by atoms with Crippen LogP contribution in [0.25, 0.3) is 0 Å². The first-order valence-corrected chi connectivity index (χ1v) is 6.67. The fraction of sp³-hybridized carbons (Fsp3) is 0.600. The summed E-state index contributed by atoms with van der Waals surface area (Å²) in [6, 6.07) is 10.4. The van der Waals surface area contributed by atoms with E-state index in [4.69, 9.17) is 0 Å². The van der Waals surface area contributed by atoms with E-state index in [2.05, 4.69) is 29.2 Å². The number of hydrogen-bond donors (Lipinski definition) is 0. The number of halogens is 1. The lowest BCUT2D eigenvalue weighted by Crippen LogP contribution is -2.37. The van der Waals surface area contributed by atoms with Crippen LogP contribution in [0.2, 0.25) is 0 Å². The average Bonchev–Trinajstić information content (AvgIpc) is 2.53. The van der Waals surface area contributed by atoms with Gasteiger partial charge in [-0.3, -0.25) is 4.90 Å². The predicted molar refractivity (Wildman–Crippen MR) is 69.7 cm³/mol. The van der Waals surface area contributed by atoms with Crippen molar-refractivity contribution in [1.82, 2.24) is 4.90 Å². The Morgan fingerprint density at radius 1 is 1.24 bits per heavy atom. The second kappa shape index (κ2) is 5.63. The highest BCUT2D eigenvalue weighted by Crippen LogP contribution is 2.28. The van der Waals surface area contributed by atoms with Crippen molar-refractivity contribution in [3.05, 3.63) is 35.9 Å². The number of alkyl halides is 1. The third-order valence-electron chi connectivity index (χ3n) is 3.74. The smallest absolute Gasteiger partial charge is 0.123 e. The van der Waals surface area contributed by atoms with Gasteiger partial charge in [0, 0.05) is 13.1 Å². The molecule has 1 aliphatic heterocycles. The maximum atomic E-state index is 14.5. The summed E-state index contributed by atoms with van der Waals surface area (Å²) in [7, 11) is 0. The molecule has 1 aromatic rings. The normalized spacial score (nSPS) is 26.7. The van der Waals surface area contributed by atoms with Crippen LogP contribution >= 0.6 is 0 Å². The highest BCUT2D eigenvalue weighted by Gasteiger charge is 2.31. The molecule has 1 aliphatic rings. The molecule has 1 aromatic carbocycles. The lowest BCUT2D eigenvalue weighted by Gasteiger charge is -2.28. The Labute approximate surface area is 104 Å². The molecule has 0 spiro atoms. The van der Waals surface area contributed by atoms with Crippen LogP contribution in [0.4, 0.5) is 4.39 Å². The molecule has 1 nitrogen and oxygen atoms in total. The Kier molecular flexibility index (Phi) is 4.16. The zero-order valence-electron chi connectivity index (χ0n) is 10.7. The number of hydrogen-bond acceptors (Lipinski definition) is 1. The van der Waals surface area contributed by atoms with Crippen LogP contribution in [0, 0.1) is 0 Å². The van der Waals surface area contributed by atoms with Gasteiger partial charge < -0.3 is 0 Å². The zero-order chi connectivity index (χ0) is 12.1. The van der Waals surface area contributed by atoms with E-state index in [0.29, 0.717) is 13.0 Å². The van der Waals surface area contributed by atoms with E-state index in [0.717, 1.165) is 32.4 Å². The summed E-state index contributed by atoms with van der Waals surface area (Å²) < 4.78 is 14.5. The summed E-state index contributed by atoms with van der Waals surface area (Å²) in [4.78, 5) is 2.27. The van der Waals surface area contributed by atoms with Crippen molar-refractivity contribution in [3.63, 3.8) is 0 Å². The third-order valence-corrected chi connectivity index (χ3v) is 3.74. The summed E-state index contributed by atoms with van der Waals surface area (Å²) in [6.07, 6.45) is 3.52. The van der Waals surface area contributed by atoms with Crippen LogP contribution in [0.3, 0.4) is 0 Å². The van der Waals surface area contributed by atoms with Gasteiger partial charge in [-0.05, 0) is 37.8 Å². The van der Waals surface area contributed by atoms with Gasteiger partial charge in [-0.2, -0.15) is 0 Å². The Morgan fingerprint density at radius 3 is 2.71 bits per heavy atom. The molecule has 0 amide bonds. The molecule has 0 aliphatic carbocycles. The first-order valence-electron chi connectivity index (χ1n) is 6.67. The Bertz CT molecular complexity index is 338. The van der Waals surface area contributed by atoms with E-state index in [1.54, 1.807) is 0 Å². The lowest BCUT2D eigenvalue weighted by molar-refractivity contribution is 0.0924. The van der Waals surface area contributed by atoms with Crippen molar-refractivity contribution in [2.45, 2.75) is 44.8 Å². The van der Waals surface area contributed by atoms with E-state index < -0.39 is 5.67 Å². The van der Waals surface area contributed by atoms with E-state index in [-0.39, 0.29) is 0 Å². The maximum absolute atomic E-state index is 14.5.